The molecule has 6 heteroatoms. The maximum Gasteiger partial charge on any atom is 0.357 e. The molecule has 0 aliphatic heterocycles. The first kappa shape index (κ1) is 20.6. The van der Waals surface area contributed by atoms with E-state index < -0.39 is 5.97 Å². The van der Waals surface area contributed by atoms with Crippen molar-refractivity contribution in [1.29, 1.82) is 0 Å². The van der Waals surface area contributed by atoms with E-state index in [4.69, 9.17) is 4.74 Å². The topological polar surface area (TPSA) is 59.5 Å². The third kappa shape index (κ3) is 6.23. The van der Waals surface area contributed by atoms with Crippen LogP contribution in [0.4, 0.5) is 0 Å². The van der Waals surface area contributed by atoms with Gasteiger partial charge in [0.15, 0.2) is 5.69 Å². The predicted octanol–water partition coefficient (Wildman–Crippen LogP) is 4.27. The molecule has 0 bridgehead atoms. The number of unbranched alkanes of at least 4 members (excludes halogenated alkanes) is 1. The van der Waals surface area contributed by atoms with Gasteiger partial charge in [-0.2, -0.15) is 0 Å². The Morgan fingerprint density at radius 3 is 2.58 bits per heavy atom. The van der Waals surface area contributed by atoms with Gasteiger partial charge in [0.1, 0.15) is 5.01 Å². The smallest absolute Gasteiger partial charge is 0.357 e. The number of carbonyl (C=O) groups is 2. The summed E-state index contributed by atoms with van der Waals surface area (Å²) in [4.78, 5) is 30.8. The summed E-state index contributed by atoms with van der Waals surface area (Å²) in [5.41, 5.74) is 0.332. The number of hydrogen-bond donors (Lipinski definition) is 0. The second-order valence-corrected chi connectivity index (χ2v) is 6.80. The Morgan fingerprint density at radius 2 is 2.00 bits per heavy atom. The van der Waals surface area contributed by atoms with Crippen molar-refractivity contribution in [2.24, 2.45) is 5.92 Å². The van der Waals surface area contributed by atoms with Gasteiger partial charge < -0.3 is 9.64 Å². The first-order chi connectivity index (χ1) is 11.6. The van der Waals surface area contributed by atoms with E-state index in [-0.39, 0.29) is 11.8 Å². The van der Waals surface area contributed by atoms with Crippen LogP contribution in [0.1, 0.15) is 75.3 Å². The summed E-state index contributed by atoms with van der Waals surface area (Å²) in [5.74, 6) is -0.107. The van der Waals surface area contributed by atoms with Crippen molar-refractivity contribution < 1.29 is 14.3 Å². The molecule has 24 heavy (non-hydrogen) atoms. The molecule has 0 unspecified atom stereocenters. The zero-order valence-electron chi connectivity index (χ0n) is 15.3. The zero-order valence-corrected chi connectivity index (χ0v) is 16.2. The van der Waals surface area contributed by atoms with Crippen molar-refractivity contribution in [3.8, 4) is 0 Å². The van der Waals surface area contributed by atoms with Crippen molar-refractivity contribution in [3.05, 3.63) is 16.1 Å². The minimum Gasteiger partial charge on any atom is -0.461 e. The van der Waals surface area contributed by atoms with Crippen molar-refractivity contribution >= 4 is 23.2 Å². The second kappa shape index (κ2) is 11.2. The lowest BCUT2D eigenvalue weighted by molar-refractivity contribution is -0.136. The monoisotopic (exact) mass is 354 g/mol. The molecule has 0 saturated heterocycles. The van der Waals surface area contributed by atoms with E-state index in [1.807, 2.05) is 4.90 Å². The molecule has 1 heterocycles. The molecule has 0 spiro atoms. The first-order valence-electron chi connectivity index (χ1n) is 8.97. The van der Waals surface area contributed by atoms with E-state index in [1.54, 1.807) is 12.3 Å². The van der Waals surface area contributed by atoms with Crippen molar-refractivity contribution in [2.45, 2.75) is 66.3 Å². The van der Waals surface area contributed by atoms with Gasteiger partial charge >= 0.3 is 5.97 Å². The van der Waals surface area contributed by atoms with E-state index >= 15 is 0 Å². The molecule has 1 amide bonds. The van der Waals surface area contributed by atoms with Crippen LogP contribution in [0.15, 0.2) is 5.38 Å². The van der Waals surface area contributed by atoms with Crippen LogP contribution in [-0.2, 0) is 16.1 Å². The van der Waals surface area contributed by atoms with Gasteiger partial charge in [0, 0.05) is 17.8 Å². The maximum absolute atomic E-state index is 12.8. The molecule has 1 rings (SSSR count). The molecule has 136 valence electrons. The molecule has 0 saturated carbocycles. The Morgan fingerprint density at radius 1 is 1.25 bits per heavy atom. The van der Waals surface area contributed by atoms with E-state index in [0.717, 1.165) is 43.7 Å². The lowest BCUT2D eigenvalue weighted by Crippen LogP contribution is -2.36. The van der Waals surface area contributed by atoms with Crippen LogP contribution in [0.2, 0.25) is 0 Å². The van der Waals surface area contributed by atoms with E-state index in [9.17, 15) is 9.59 Å². The minimum absolute atomic E-state index is 0.0842. The number of hydrogen-bond acceptors (Lipinski definition) is 5. The summed E-state index contributed by atoms with van der Waals surface area (Å²) in [6, 6.07) is 0. The van der Waals surface area contributed by atoms with Gasteiger partial charge in [-0.25, -0.2) is 9.78 Å². The van der Waals surface area contributed by atoms with E-state index in [0.29, 0.717) is 18.8 Å². The largest absolute Gasteiger partial charge is 0.461 e. The molecule has 5 nitrogen and oxygen atoms in total. The Bertz CT molecular complexity index is 516. The van der Waals surface area contributed by atoms with Crippen LogP contribution in [0.3, 0.4) is 0 Å². The van der Waals surface area contributed by atoms with E-state index in [2.05, 4.69) is 25.8 Å². The maximum atomic E-state index is 12.8. The fraction of sp³-hybridized carbons (Fsp3) is 0.722. The van der Waals surface area contributed by atoms with Gasteiger partial charge in [0.05, 0.1) is 13.2 Å². The molecule has 0 aromatic carbocycles. The van der Waals surface area contributed by atoms with Gasteiger partial charge in [-0.05, 0) is 26.2 Å². The Labute approximate surface area is 149 Å². The predicted molar refractivity (Wildman–Crippen MR) is 97.1 cm³/mol. The van der Waals surface area contributed by atoms with Crippen LogP contribution in [0, 0.1) is 5.92 Å². The quantitative estimate of drug-likeness (QED) is 0.557. The van der Waals surface area contributed by atoms with Crippen LogP contribution < -0.4 is 0 Å². The molecule has 1 atom stereocenters. The summed E-state index contributed by atoms with van der Waals surface area (Å²) in [6.07, 6.45) is 4.90. The van der Waals surface area contributed by atoms with Crippen molar-refractivity contribution in [2.75, 3.05) is 13.2 Å². The number of amides is 1. The molecular weight excluding hydrogens is 324 g/mol. The molecule has 0 N–H and O–H groups in total. The van der Waals surface area contributed by atoms with Crippen molar-refractivity contribution in [3.63, 3.8) is 0 Å². The Balaban J connectivity index is 2.77. The molecule has 1 aromatic rings. The molecular formula is C18H30N2O3S. The molecule has 0 aliphatic carbocycles. The van der Waals surface area contributed by atoms with Crippen molar-refractivity contribution in [1.82, 2.24) is 9.88 Å². The summed E-state index contributed by atoms with van der Waals surface area (Å²) >= 11 is 1.41. The highest BCUT2D eigenvalue weighted by Gasteiger charge is 2.23. The number of aromatic nitrogens is 1. The summed E-state index contributed by atoms with van der Waals surface area (Å²) in [5, 5.41) is 2.49. The van der Waals surface area contributed by atoms with Crippen LogP contribution >= 0.6 is 11.3 Å². The van der Waals surface area contributed by atoms with Crippen LogP contribution in [-0.4, -0.2) is 34.9 Å². The standard InChI is InChI=1S/C18H30N2O3S/c1-5-9-10-14(7-3)17(21)20(11-6-2)12-16-19-15(13-24-16)18(22)23-8-4/h13-14H,5-12H2,1-4H3/t14-/m1/s1. The number of thiazole rings is 1. The second-order valence-electron chi connectivity index (χ2n) is 5.85. The first-order valence-corrected chi connectivity index (χ1v) is 9.85. The van der Waals surface area contributed by atoms with Crippen LogP contribution in [0.5, 0.6) is 0 Å². The van der Waals surface area contributed by atoms with Gasteiger partial charge in [-0.1, -0.05) is 33.6 Å². The fourth-order valence-corrected chi connectivity index (χ4v) is 3.37. The highest BCUT2D eigenvalue weighted by atomic mass is 32.1. The summed E-state index contributed by atoms with van der Waals surface area (Å²) < 4.78 is 4.97. The Hall–Kier alpha value is -1.43. The van der Waals surface area contributed by atoms with Gasteiger partial charge in [0.2, 0.25) is 5.91 Å². The SMILES string of the molecule is CCCC[C@@H](CC)C(=O)N(CCC)Cc1nc(C(=O)OCC)cs1. The van der Waals surface area contributed by atoms with Crippen LogP contribution in [0.25, 0.3) is 0 Å². The third-order valence-electron chi connectivity index (χ3n) is 3.92. The Kier molecular flexibility index (Phi) is 9.60. The average Bonchev–Trinajstić information content (AvgIpc) is 3.04. The number of ether oxygens (including phenoxy) is 1. The summed E-state index contributed by atoms with van der Waals surface area (Å²) in [6.45, 7) is 9.59. The number of rotatable bonds is 11. The molecule has 0 aliphatic rings. The lowest BCUT2D eigenvalue weighted by Gasteiger charge is -2.26. The summed E-state index contributed by atoms with van der Waals surface area (Å²) in [7, 11) is 0. The zero-order chi connectivity index (χ0) is 17.9. The molecule has 1 aromatic heterocycles. The normalized spacial score (nSPS) is 12.0. The third-order valence-corrected chi connectivity index (χ3v) is 4.75. The van der Waals surface area contributed by atoms with Gasteiger partial charge in [-0.15, -0.1) is 11.3 Å². The molecule has 0 radical (unpaired) electrons. The number of nitrogens with zero attached hydrogens (tertiary/aromatic N) is 2. The highest BCUT2D eigenvalue weighted by Crippen LogP contribution is 2.20. The van der Waals surface area contributed by atoms with E-state index in [1.165, 1.54) is 11.3 Å². The van der Waals surface area contributed by atoms with Gasteiger partial charge in [0.25, 0.3) is 0 Å². The average molecular weight is 355 g/mol. The number of esters is 1. The number of carbonyl (C=O) groups excluding carboxylic acids is 2. The van der Waals surface area contributed by atoms with Gasteiger partial charge in [-0.3, -0.25) is 4.79 Å². The lowest BCUT2D eigenvalue weighted by atomic mass is 9.97. The molecule has 0 fully saturated rings. The highest BCUT2D eigenvalue weighted by molar-refractivity contribution is 7.09. The minimum atomic E-state index is -0.400. The fourth-order valence-electron chi connectivity index (χ4n) is 2.59.